The van der Waals surface area contributed by atoms with Gasteiger partial charge in [-0.15, -0.1) is 0 Å². The maximum absolute atomic E-state index is 5.34. The molecule has 0 aliphatic rings. The van der Waals surface area contributed by atoms with E-state index >= 15 is 0 Å². The van der Waals surface area contributed by atoms with Crippen molar-refractivity contribution in [2.24, 2.45) is 0 Å². The van der Waals surface area contributed by atoms with Crippen LogP contribution in [0.4, 0.5) is 5.69 Å². The predicted molar refractivity (Wildman–Crippen MR) is 78.2 cm³/mol. The molecule has 1 N–H and O–H groups in total. The average Bonchev–Trinajstić information content (AvgIpc) is 2.53. The first-order chi connectivity index (χ1) is 9.78. The topological polar surface area (TPSA) is 56.3 Å². The number of hydrogen-bond donors (Lipinski definition) is 1. The van der Waals surface area contributed by atoms with Crippen LogP contribution < -0.4 is 14.8 Å². The van der Waals surface area contributed by atoms with Gasteiger partial charge in [0.05, 0.1) is 38.3 Å². The molecule has 0 radical (unpaired) electrons. The van der Waals surface area contributed by atoms with E-state index in [4.69, 9.17) is 9.47 Å². The zero-order valence-electron chi connectivity index (χ0n) is 12.0. The van der Waals surface area contributed by atoms with Crippen LogP contribution in [-0.2, 0) is 0 Å². The lowest BCUT2D eigenvalue weighted by Crippen LogP contribution is -2.10. The third kappa shape index (κ3) is 3.17. The normalized spacial score (nSPS) is 11.8. The third-order valence-electron chi connectivity index (χ3n) is 3.12. The number of hydrogen-bond acceptors (Lipinski definition) is 5. The molecule has 1 aromatic heterocycles. The highest BCUT2D eigenvalue weighted by molar-refractivity contribution is 5.47. The number of aromatic nitrogens is 2. The Morgan fingerprint density at radius 1 is 1.10 bits per heavy atom. The van der Waals surface area contributed by atoms with Gasteiger partial charge in [-0.1, -0.05) is 13.0 Å². The first-order valence-electron chi connectivity index (χ1n) is 6.52. The van der Waals surface area contributed by atoms with Gasteiger partial charge in [0, 0.05) is 0 Å². The molecule has 1 atom stereocenters. The molecule has 106 valence electrons. The molecular weight excluding hydrogens is 254 g/mol. The van der Waals surface area contributed by atoms with Crippen molar-refractivity contribution < 1.29 is 9.47 Å². The van der Waals surface area contributed by atoms with E-state index in [0.29, 0.717) is 0 Å². The van der Waals surface area contributed by atoms with E-state index in [1.165, 1.54) is 6.33 Å². The first-order valence-corrected chi connectivity index (χ1v) is 6.52. The molecule has 0 saturated carbocycles. The average molecular weight is 273 g/mol. The Morgan fingerprint density at radius 3 is 2.40 bits per heavy atom. The van der Waals surface area contributed by atoms with Gasteiger partial charge >= 0.3 is 0 Å². The van der Waals surface area contributed by atoms with Gasteiger partial charge in [0.25, 0.3) is 0 Å². The SMILES string of the molecule is CCC(Nc1cncnc1)c1ccc(OC)c(OC)c1. The van der Waals surface area contributed by atoms with E-state index in [1.807, 2.05) is 18.2 Å². The number of methoxy groups -OCH3 is 2. The van der Waals surface area contributed by atoms with Crippen LogP contribution in [0.25, 0.3) is 0 Å². The molecule has 0 bridgehead atoms. The van der Waals surface area contributed by atoms with Crippen LogP contribution in [0.1, 0.15) is 24.9 Å². The van der Waals surface area contributed by atoms with Gasteiger partial charge in [-0.2, -0.15) is 0 Å². The van der Waals surface area contributed by atoms with E-state index < -0.39 is 0 Å². The Labute approximate surface area is 119 Å². The molecule has 0 spiro atoms. The van der Waals surface area contributed by atoms with Crippen molar-refractivity contribution in [2.75, 3.05) is 19.5 Å². The Hall–Kier alpha value is -2.30. The molecular formula is C15H19N3O2. The van der Waals surface area contributed by atoms with Crippen LogP contribution in [-0.4, -0.2) is 24.2 Å². The van der Waals surface area contributed by atoms with Gasteiger partial charge in [-0.05, 0) is 24.1 Å². The number of ether oxygens (including phenoxy) is 2. The highest BCUT2D eigenvalue weighted by atomic mass is 16.5. The summed E-state index contributed by atoms with van der Waals surface area (Å²) in [6.45, 7) is 2.12. The van der Waals surface area contributed by atoms with Gasteiger partial charge in [-0.25, -0.2) is 9.97 Å². The highest BCUT2D eigenvalue weighted by Crippen LogP contribution is 2.32. The van der Waals surface area contributed by atoms with Gasteiger partial charge in [0.15, 0.2) is 11.5 Å². The lowest BCUT2D eigenvalue weighted by molar-refractivity contribution is 0.354. The number of benzene rings is 1. The Balaban J connectivity index is 2.23. The van der Waals surface area contributed by atoms with Crippen molar-refractivity contribution in [3.8, 4) is 11.5 Å². The van der Waals surface area contributed by atoms with E-state index in [0.717, 1.165) is 29.2 Å². The van der Waals surface area contributed by atoms with Crippen molar-refractivity contribution in [3.63, 3.8) is 0 Å². The second-order valence-electron chi connectivity index (χ2n) is 4.35. The summed E-state index contributed by atoms with van der Waals surface area (Å²) in [5.74, 6) is 1.46. The summed E-state index contributed by atoms with van der Waals surface area (Å²) in [5.41, 5.74) is 2.03. The summed E-state index contributed by atoms with van der Waals surface area (Å²) in [6, 6.07) is 6.11. The van der Waals surface area contributed by atoms with Crippen LogP contribution >= 0.6 is 0 Å². The highest BCUT2D eigenvalue weighted by Gasteiger charge is 2.12. The molecule has 20 heavy (non-hydrogen) atoms. The summed E-state index contributed by atoms with van der Waals surface area (Å²) in [7, 11) is 3.27. The van der Waals surface area contributed by atoms with E-state index in [1.54, 1.807) is 26.6 Å². The third-order valence-corrected chi connectivity index (χ3v) is 3.12. The Morgan fingerprint density at radius 2 is 1.80 bits per heavy atom. The second kappa shape index (κ2) is 6.75. The molecule has 5 heteroatoms. The molecule has 0 amide bonds. The van der Waals surface area contributed by atoms with E-state index in [2.05, 4.69) is 22.2 Å². The van der Waals surface area contributed by atoms with Crippen molar-refractivity contribution >= 4 is 5.69 Å². The summed E-state index contributed by atoms with van der Waals surface area (Å²) in [4.78, 5) is 8.02. The Bertz CT molecular complexity index is 546. The fourth-order valence-corrected chi connectivity index (χ4v) is 2.07. The summed E-state index contributed by atoms with van der Waals surface area (Å²) < 4.78 is 10.6. The standard InChI is InChI=1S/C15H19N3O2/c1-4-13(18-12-8-16-10-17-9-12)11-5-6-14(19-2)15(7-11)20-3/h5-10,13,18H,4H2,1-3H3. The monoisotopic (exact) mass is 273 g/mol. The number of anilines is 1. The number of nitrogens with zero attached hydrogens (tertiary/aromatic N) is 2. The molecule has 1 aromatic carbocycles. The maximum Gasteiger partial charge on any atom is 0.161 e. The maximum atomic E-state index is 5.34. The smallest absolute Gasteiger partial charge is 0.161 e. The molecule has 0 aliphatic carbocycles. The van der Waals surface area contributed by atoms with Crippen molar-refractivity contribution in [2.45, 2.75) is 19.4 Å². The minimum absolute atomic E-state index is 0.167. The zero-order chi connectivity index (χ0) is 14.4. The van der Waals surface area contributed by atoms with Crippen molar-refractivity contribution in [1.82, 2.24) is 9.97 Å². The molecule has 0 aliphatic heterocycles. The molecule has 0 saturated heterocycles. The molecule has 2 aromatic rings. The first kappa shape index (κ1) is 14.1. The van der Waals surface area contributed by atoms with Crippen LogP contribution in [0.2, 0.25) is 0 Å². The zero-order valence-corrected chi connectivity index (χ0v) is 12.0. The molecule has 0 fully saturated rings. The van der Waals surface area contributed by atoms with Crippen LogP contribution in [0.5, 0.6) is 11.5 Å². The molecule has 1 heterocycles. The number of rotatable bonds is 6. The van der Waals surface area contributed by atoms with Crippen LogP contribution in [0.15, 0.2) is 36.9 Å². The summed E-state index contributed by atoms with van der Waals surface area (Å²) in [6.07, 6.45) is 5.97. The van der Waals surface area contributed by atoms with Crippen LogP contribution in [0.3, 0.4) is 0 Å². The van der Waals surface area contributed by atoms with Crippen molar-refractivity contribution in [1.29, 1.82) is 0 Å². The van der Waals surface area contributed by atoms with Gasteiger partial charge in [-0.3, -0.25) is 0 Å². The molecule has 1 unspecified atom stereocenters. The number of nitrogens with one attached hydrogen (secondary N) is 1. The fraction of sp³-hybridized carbons (Fsp3) is 0.333. The van der Waals surface area contributed by atoms with E-state index in [-0.39, 0.29) is 6.04 Å². The second-order valence-corrected chi connectivity index (χ2v) is 4.35. The minimum Gasteiger partial charge on any atom is -0.493 e. The summed E-state index contributed by atoms with van der Waals surface area (Å²) in [5, 5.41) is 3.41. The lowest BCUT2D eigenvalue weighted by Gasteiger charge is -2.19. The van der Waals surface area contributed by atoms with Gasteiger partial charge in [0.1, 0.15) is 6.33 Å². The van der Waals surface area contributed by atoms with Crippen LogP contribution in [0, 0.1) is 0 Å². The fourth-order valence-electron chi connectivity index (χ4n) is 2.07. The van der Waals surface area contributed by atoms with Gasteiger partial charge < -0.3 is 14.8 Å². The predicted octanol–water partition coefficient (Wildman–Crippen LogP) is 3.06. The van der Waals surface area contributed by atoms with Gasteiger partial charge in [0.2, 0.25) is 0 Å². The Kier molecular flexibility index (Phi) is 4.76. The van der Waals surface area contributed by atoms with Crippen molar-refractivity contribution in [3.05, 3.63) is 42.5 Å². The molecule has 5 nitrogen and oxygen atoms in total. The lowest BCUT2D eigenvalue weighted by atomic mass is 10.0. The largest absolute Gasteiger partial charge is 0.493 e. The minimum atomic E-state index is 0.167. The quantitative estimate of drug-likeness (QED) is 0.876. The molecule has 2 rings (SSSR count). The van der Waals surface area contributed by atoms with E-state index in [9.17, 15) is 0 Å². The summed E-state index contributed by atoms with van der Waals surface area (Å²) >= 11 is 0.